The molecule has 0 radical (unpaired) electrons. The van der Waals surface area contributed by atoms with E-state index in [1.807, 2.05) is 28.7 Å². The van der Waals surface area contributed by atoms with Gasteiger partial charge in [0.1, 0.15) is 5.54 Å². The van der Waals surface area contributed by atoms with Crippen LogP contribution in [0.5, 0.6) is 0 Å². The van der Waals surface area contributed by atoms with Crippen LogP contribution in [0.2, 0.25) is 0 Å². The van der Waals surface area contributed by atoms with Crippen LogP contribution in [0.3, 0.4) is 0 Å². The molecule has 1 aromatic rings. The monoisotopic (exact) mass is 310 g/mol. The number of thioether (sulfide) groups is 1. The van der Waals surface area contributed by atoms with E-state index < -0.39 is 5.54 Å². The van der Waals surface area contributed by atoms with Crippen LogP contribution in [0.1, 0.15) is 33.6 Å². The summed E-state index contributed by atoms with van der Waals surface area (Å²) in [4.78, 5) is 12.7. The molecule has 5 nitrogen and oxygen atoms in total. The normalized spacial score (nSPS) is 18.4. The predicted molar refractivity (Wildman–Crippen MR) is 87.5 cm³/mol. The zero-order valence-corrected chi connectivity index (χ0v) is 14.0. The van der Waals surface area contributed by atoms with E-state index in [1.54, 1.807) is 6.20 Å². The Balaban J connectivity index is 1.96. The summed E-state index contributed by atoms with van der Waals surface area (Å²) in [7, 11) is 0. The number of carbonyl (C=O) groups excluding carboxylic acids is 1. The lowest BCUT2D eigenvalue weighted by Crippen LogP contribution is -2.55. The summed E-state index contributed by atoms with van der Waals surface area (Å²) in [5.74, 6) is 1.03. The molecular weight excluding hydrogens is 284 g/mol. The van der Waals surface area contributed by atoms with Gasteiger partial charge in [-0.05, 0) is 32.0 Å². The average Bonchev–Trinajstić information content (AvgIpc) is 2.97. The third-order valence-electron chi connectivity index (χ3n) is 3.72. The molecule has 6 heteroatoms. The van der Waals surface area contributed by atoms with Gasteiger partial charge in [0.25, 0.3) is 0 Å². The Morgan fingerprint density at radius 1 is 1.43 bits per heavy atom. The maximum atomic E-state index is 12.7. The van der Waals surface area contributed by atoms with E-state index >= 15 is 0 Å². The molecule has 0 aromatic carbocycles. The standard InChI is InChI=1S/C15H26N4OS/c1-14(2,3)21-12-10-17-13(20)15(5-8-16-9-6-15)19-11-4-7-18-19/h4,7,11,16H,5-6,8-10,12H2,1-3H3,(H,17,20). The summed E-state index contributed by atoms with van der Waals surface area (Å²) in [5.41, 5.74) is -0.527. The number of carbonyl (C=O) groups is 1. The minimum Gasteiger partial charge on any atom is -0.353 e. The predicted octanol–water partition coefficient (Wildman–Crippen LogP) is 1.61. The number of nitrogens with one attached hydrogen (secondary N) is 2. The zero-order valence-electron chi connectivity index (χ0n) is 13.2. The molecule has 0 unspecified atom stereocenters. The maximum absolute atomic E-state index is 12.7. The maximum Gasteiger partial charge on any atom is 0.248 e. The Morgan fingerprint density at radius 2 is 2.14 bits per heavy atom. The van der Waals surface area contributed by atoms with Gasteiger partial charge in [-0.3, -0.25) is 9.48 Å². The third-order valence-corrected chi connectivity index (χ3v) is 4.99. The molecule has 0 bridgehead atoms. The Kier molecular flexibility index (Phi) is 5.32. The average molecular weight is 310 g/mol. The number of nitrogens with zero attached hydrogens (tertiary/aromatic N) is 2. The second kappa shape index (κ2) is 6.83. The van der Waals surface area contributed by atoms with Crippen LogP contribution in [0, 0.1) is 0 Å². The number of aromatic nitrogens is 2. The third kappa shape index (κ3) is 4.23. The molecular formula is C15H26N4OS. The molecule has 118 valence electrons. The van der Waals surface area contributed by atoms with Crippen LogP contribution in [0.25, 0.3) is 0 Å². The Morgan fingerprint density at radius 3 is 2.71 bits per heavy atom. The SMILES string of the molecule is CC(C)(C)SCCNC(=O)C1(n2cccn2)CCNCC1. The fourth-order valence-electron chi connectivity index (χ4n) is 2.61. The van der Waals surface area contributed by atoms with E-state index in [9.17, 15) is 4.79 Å². The second-order valence-corrected chi connectivity index (χ2v) is 8.37. The van der Waals surface area contributed by atoms with Crippen LogP contribution in [0.15, 0.2) is 18.5 Å². The highest BCUT2D eigenvalue weighted by atomic mass is 32.2. The highest BCUT2D eigenvalue weighted by Gasteiger charge is 2.41. The second-order valence-electron chi connectivity index (χ2n) is 6.45. The van der Waals surface area contributed by atoms with Crippen molar-refractivity contribution in [1.29, 1.82) is 0 Å². The number of piperidine rings is 1. The Hall–Kier alpha value is -1.01. The van der Waals surface area contributed by atoms with Gasteiger partial charge in [0.2, 0.25) is 5.91 Å². The van der Waals surface area contributed by atoms with Crippen molar-refractivity contribution in [3.63, 3.8) is 0 Å². The van der Waals surface area contributed by atoms with Crippen molar-refractivity contribution in [3.8, 4) is 0 Å². The van der Waals surface area contributed by atoms with E-state index in [1.165, 1.54) is 0 Å². The van der Waals surface area contributed by atoms with Gasteiger partial charge in [-0.1, -0.05) is 20.8 Å². The van der Waals surface area contributed by atoms with Gasteiger partial charge in [0, 0.05) is 29.4 Å². The molecule has 0 aliphatic carbocycles. The Bertz CT molecular complexity index is 447. The molecule has 2 heterocycles. The first kappa shape index (κ1) is 16.4. The van der Waals surface area contributed by atoms with Gasteiger partial charge < -0.3 is 10.6 Å². The quantitative estimate of drug-likeness (QED) is 0.811. The first-order valence-corrected chi connectivity index (χ1v) is 8.56. The number of rotatable bonds is 5. The molecule has 2 rings (SSSR count). The lowest BCUT2D eigenvalue weighted by atomic mass is 9.87. The minimum absolute atomic E-state index is 0.0993. The summed E-state index contributed by atoms with van der Waals surface area (Å²) in [6.45, 7) is 8.98. The van der Waals surface area contributed by atoms with E-state index in [-0.39, 0.29) is 10.7 Å². The molecule has 0 atom stereocenters. The van der Waals surface area contributed by atoms with E-state index in [0.717, 1.165) is 31.7 Å². The zero-order chi connectivity index (χ0) is 15.3. The van der Waals surface area contributed by atoms with Crippen molar-refractivity contribution < 1.29 is 4.79 Å². The molecule has 1 aromatic heterocycles. The molecule has 0 spiro atoms. The molecule has 1 amide bonds. The van der Waals surface area contributed by atoms with Gasteiger partial charge in [-0.15, -0.1) is 0 Å². The summed E-state index contributed by atoms with van der Waals surface area (Å²) in [6, 6.07) is 1.88. The molecule has 1 aliphatic rings. The van der Waals surface area contributed by atoms with Crippen molar-refractivity contribution >= 4 is 17.7 Å². The van der Waals surface area contributed by atoms with Crippen molar-refractivity contribution in [3.05, 3.63) is 18.5 Å². The van der Waals surface area contributed by atoms with Gasteiger partial charge in [-0.25, -0.2) is 0 Å². The number of hydrogen-bond acceptors (Lipinski definition) is 4. The van der Waals surface area contributed by atoms with Crippen LogP contribution in [0.4, 0.5) is 0 Å². The van der Waals surface area contributed by atoms with Crippen molar-refractivity contribution in [2.45, 2.75) is 43.9 Å². The summed E-state index contributed by atoms with van der Waals surface area (Å²) >= 11 is 1.87. The van der Waals surface area contributed by atoms with Crippen molar-refractivity contribution in [2.75, 3.05) is 25.4 Å². The lowest BCUT2D eigenvalue weighted by Gasteiger charge is -2.36. The molecule has 1 fully saturated rings. The van der Waals surface area contributed by atoms with Crippen molar-refractivity contribution in [2.24, 2.45) is 0 Å². The summed E-state index contributed by atoms with van der Waals surface area (Å²) in [6.07, 6.45) is 5.21. The fraction of sp³-hybridized carbons (Fsp3) is 0.733. The Labute approximate surface area is 131 Å². The van der Waals surface area contributed by atoms with Crippen LogP contribution in [-0.4, -0.2) is 45.8 Å². The van der Waals surface area contributed by atoms with Gasteiger partial charge in [-0.2, -0.15) is 16.9 Å². The lowest BCUT2D eigenvalue weighted by molar-refractivity contribution is -0.131. The first-order chi connectivity index (χ1) is 9.94. The van der Waals surface area contributed by atoms with Gasteiger partial charge >= 0.3 is 0 Å². The molecule has 21 heavy (non-hydrogen) atoms. The van der Waals surface area contributed by atoms with Crippen LogP contribution in [-0.2, 0) is 10.3 Å². The minimum atomic E-state index is -0.527. The smallest absolute Gasteiger partial charge is 0.248 e. The van der Waals surface area contributed by atoms with Crippen LogP contribution < -0.4 is 10.6 Å². The first-order valence-electron chi connectivity index (χ1n) is 7.57. The number of amides is 1. The van der Waals surface area contributed by atoms with E-state index in [2.05, 4.69) is 36.5 Å². The fourth-order valence-corrected chi connectivity index (χ4v) is 3.43. The summed E-state index contributed by atoms with van der Waals surface area (Å²) in [5, 5.41) is 10.7. The topological polar surface area (TPSA) is 59.0 Å². The highest BCUT2D eigenvalue weighted by molar-refractivity contribution is 8.00. The van der Waals surface area contributed by atoms with Gasteiger partial charge in [0.05, 0.1) is 0 Å². The molecule has 0 saturated carbocycles. The van der Waals surface area contributed by atoms with Crippen LogP contribution >= 0.6 is 11.8 Å². The molecule has 1 aliphatic heterocycles. The van der Waals surface area contributed by atoms with Gasteiger partial charge in [0.15, 0.2) is 0 Å². The summed E-state index contributed by atoms with van der Waals surface area (Å²) < 4.78 is 2.07. The van der Waals surface area contributed by atoms with E-state index in [0.29, 0.717) is 6.54 Å². The van der Waals surface area contributed by atoms with Crippen molar-refractivity contribution in [1.82, 2.24) is 20.4 Å². The molecule has 1 saturated heterocycles. The molecule has 2 N–H and O–H groups in total. The van der Waals surface area contributed by atoms with E-state index in [4.69, 9.17) is 0 Å². The highest BCUT2D eigenvalue weighted by Crippen LogP contribution is 2.27. The number of hydrogen-bond donors (Lipinski definition) is 2. The largest absolute Gasteiger partial charge is 0.353 e.